The van der Waals surface area contributed by atoms with Crippen LogP contribution >= 0.6 is 23.2 Å². The molecule has 1 atom stereocenters. The minimum absolute atomic E-state index is 0.266. The molecule has 0 aliphatic heterocycles. The van der Waals surface area contributed by atoms with E-state index in [-0.39, 0.29) is 18.2 Å². The van der Waals surface area contributed by atoms with Crippen LogP contribution in [-0.2, 0) is 14.3 Å². The van der Waals surface area contributed by atoms with E-state index in [0.717, 1.165) is 0 Å². The number of nitrogens with one attached hydrogen (secondary N) is 2. The molecule has 1 heterocycles. The van der Waals surface area contributed by atoms with E-state index in [1.54, 1.807) is 55.5 Å². The summed E-state index contributed by atoms with van der Waals surface area (Å²) in [4.78, 5) is 36.1. The van der Waals surface area contributed by atoms with Crippen molar-refractivity contribution in [2.24, 2.45) is 5.10 Å². The van der Waals surface area contributed by atoms with Crippen molar-refractivity contribution in [3.8, 4) is 17.1 Å². The number of benzene rings is 2. The summed E-state index contributed by atoms with van der Waals surface area (Å²) < 4.78 is 16.2. The Morgan fingerprint density at radius 2 is 1.92 bits per heavy atom. The zero-order chi connectivity index (χ0) is 26.1. The summed E-state index contributed by atoms with van der Waals surface area (Å²) in [6.07, 6.45) is 0.413. The molecule has 0 fully saturated rings. The Balaban J connectivity index is 1.47. The second kappa shape index (κ2) is 12.8. The second-order valence-corrected chi connectivity index (χ2v) is 8.19. The zero-order valence-electron chi connectivity index (χ0n) is 19.4. The van der Waals surface area contributed by atoms with Gasteiger partial charge in [-0.3, -0.25) is 9.59 Å². The molecule has 0 aliphatic carbocycles. The van der Waals surface area contributed by atoms with Crippen molar-refractivity contribution >= 4 is 47.2 Å². The number of halogens is 2. The van der Waals surface area contributed by atoms with Gasteiger partial charge in [0, 0.05) is 10.6 Å². The van der Waals surface area contributed by atoms with Crippen molar-refractivity contribution < 1.29 is 28.3 Å². The molecule has 0 bridgehead atoms. The number of hydrazone groups is 1. The number of hydrogen-bond acceptors (Lipinski definition) is 7. The first-order chi connectivity index (χ1) is 17.3. The van der Waals surface area contributed by atoms with Crippen LogP contribution < -0.4 is 15.5 Å². The quantitative estimate of drug-likeness (QED) is 0.226. The maximum atomic E-state index is 12.2. The third-order valence-electron chi connectivity index (χ3n) is 4.66. The summed E-state index contributed by atoms with van der Waals surface area (Å²) in [5.41, 5.74) is 3.39. The Kier molecular flexibility index (Phi) is 9.49. The summed E-state index contributed by atoms with van der Waals surface area (Å²) in [7, 11) is 0. The molecule has 0 saturated carbocycles. The standard InChI is InChI=1S/C25H23Cl2N3O6/c1-3-34-25(33)17-6-4-5-16(11-17)21-10-8-19(36-21)13-29-30-23(31)14-28-24(32)15(2)35-22-9-7-18(26)12-20(22)27/h4-13,15H,3,14H2,1-2H3,(H,28,32)(H,30,31)/b29-13-/t15-/m1/s1. The smallest absolute Gasteiger partial charge is 0.338 e. The SMILES string of the molecule is CCOC(=O)c1cccc(-c2ccc(/C=N\NC(=O)CNC(=O)[C@@H](C)Oc3ccc(Cl)cc3Cl)o2)c1. The number of amides is 2. The Morgan fingerprint density at radius 3 is 2.67 bits per heavy atom. The number of carbonyl (C=O) groups excluding carboxylic acids is 3. The van der Waals surface area contributed by atoms with Crippen LogP contribution in [-0.4, -0.2) is 43.3 Å². The summed E-state index contributed by atoms with van der Waals surface area (Å²) in [6.45, 7) is 3.22. The molecule has 0 spiro atoms. The van der Waals surface area contributed by atoms with Gasteiger partial charge in [0.15, 0.2) is 6.10 Å². The largest absolute Gasteiger partial charge is 0.479 e. The average Bonchev–Trinajstić information content (AvgIpc) is 3.33. The fourth-order valence-corrected chi connectivity index (χ4v) is 3.38. The average molecular weight is 532 g/mol. The van der Waals surface area contributed by atoms with Gasteiger partial charge in [0.2, 0.25) is 0 Å². The van der Waals surface area contributed by atoms with Crippen molar-refractivity contribution in [2.75, 3.05) is 13.2 Å². The van der Waals surface area contributed by atoms with Crippen molar-refractivity contribution in [1.29, 1.82) is 0 Å². The minimum Gasteiger partial charge on any atom is -0.479 e. The van der Waals surface area contributed by atoms with Gasteiger partial charge in [-0.25, -0.2) is 10.2 Å². The van der Waals surface area contributed by atoms with Crippen LogP contribution in [0.3, 0.4) is 0 Å². The Bertz CT molecular complexity index is 1270. The molecule has 11 heteroatoms. The summed E-state index contributed by atoms with van der Waals surface area (Å²) >= 11 is 11.9. The molecular weight excluding hydrogens is 509 g/mol. The van der Waals surface area contributed by atoms with Gasteiger partial charge in [-0.15, -0.1) is 0 Å². The summed E-state index contributed by atoms with van der Waals surface area (Å²) in [6, 6.07) is 14.8. The molecule has 0 unspecified atom stereocenters. The molecule has 9 nitrogen and oxygen atoms in total. The van der Waals surface area contributed by atoms with Crippen molar-refractivity contribution in [3.63, 3.8) is 0 Å². The molecule has 2 amide bonds. The Labute approximate surface area is 217 Å². The van der Waals surface area contributed by atoms with Gasteiger partial charge < -0.3 is 19.2 Å². The Hall–Kier alpha value is -3.82. The van der Waals surface area contributed by atoms with Crippen LogP contribution in [0.15, 0.2) is 64.1 Å². The first-order valence-electron chi connectivity index (χ1n) is 10.9. The van der Waals surface area contributed by atoms with E-state index in [2.05, 4.69) is 15.8 Å². The van der Waals surface area contributed by atoms with Gasteiger partial charge in [-0.1, -0.05) is 35.3 Å². The third-order valence-corrected chi connectivity index (χ3v) is 5.19. The number of rotatable bonds is 10. The highest BCUT2D eigenvalue weighted by atomic mass is 35.5. The number of esters is 1. The van der Waals surface area contributed by atoms with Crippen LogP contribution in [0, 0.1) is 0 Å². The molecule has 188 valence electrons. The van der Waals surface area contributed by atoms with Crippen molar-refractivity contribution in [1.82, 2.24) is 10.7 Å². The Morgan fingerprint density at radius 1 is 1.11 bits per heavy atom. The molecule has 2 aromatic carbocycles. The fraction of sp³-hybridized carbons (Fsp3) is 0.200. The first-order valence-corrected chi connectivity index (χ1v) is 11.6. The molecule has 0 aliphatic rings. The van der Waals surface area contributed by atoms with Crippen LogP contribution in [0.4, 0.5) is 0 Å². The molecule has 0 saturated heterocycles. The summed E-state index contributed by atoms with van der Waals surface area (Å²) in [5, 5.41) is 6.98. The predicted octanol–water partition coefficient (Wildman–Crippen LogP) is 4.46. The van der Waals surface area contributed by atoms with E-state index < -0.39 is 23.9 Å². The molecule has 36 heavy (non-hydrogen) atoms. The normalized spacial score (nSPS) is 11.7. The van der Waals surface area contributed by atoms with Gasteiger partial charge in [0.25, 0.3) is 11.8 Å². The topological polar surface area (TPSA) is 119 Å². The lowest BCUT2D eigenvalue weighted by Gasteiger charge is -2.15. The number of carbonyl (C=O) groups is 3. The molecule has 2 N–H and O–H groups in total. The lowest BCUT2D eigenvalue weighted by atomic mass is 10.1. The van der Waals surface area contributed by atoms with Crippen molar-refractivity contribution in [3.05, 3.63) is 76.0 Å². The van der Waals surface area contributed by atoms with Crippen LogP contribution in [0.2, 0.25) is 10.0 Å². The maximum absolute atomic E-state index is 12.2. The fourth-order valence-electron chi connectivity index (χ4n) is 2.92. The third kappa shape index (κ3) is 7.59. The zero-order valence-corrected chi connectivity index (χ0v) is 20.9. The molecule has 3 aromatic rings. The monoisotopic (exact) mass is 531 g/mol. The van der Waals surface area contributed by atoms with E-state index in [0.29, 0.717) is 33.4 Å². The molecule has 0 radical (unpaired) electrons. The molecule has 1 aromatic heterocycles. The maximum Gasteiger partial charge on any atom is 0.338 e. The van der Waals surface area contributed by atoms with Crippen LogP contribution in [0.5, 0.6) is 5.75 Å². The molecule has 3 rings (SSSR count). The van der Waals surface area contributed by atoms with Gasteiger partial charge in [-0.2, -0.15) is 5.10 Å². The number of nitrogens with zero attached hydrogens (tertiary/aromatic N) is 1. The number of ether oxygens (including phenoxy) is 2. The van der Waals surface area contributed by atoms with Crippen LogP contribution in [0.1, 0.15) is 30.0 Å². The van der Waals surface area contributed by atoms with E-state index in [4.69, 9.17) is 37.1 Å². The lowest BCUT2D eigenvalue weighted by Crippen LogP contribution is -2.41. The van der Waals surface area contributed by atoms with Crippen molar-refractivity contribution in [2.45, 2.75) is 20.0 Å². The molecular formula is C25H23Cl2N3O6. The van der Waals surface area contributed by atoms with E-state index >= 15 is 0 Å². The predicted molar refractivity (Wildman–Crippen MR) is 135 cm³/mol. The first kappa shape index (κ1) is 26.8. The highest BCUT2D eigenvalue weighted by Gasteiger charge is 2.17. The highest BCUT2D eigenvalue weighted by molar-refractivity contribution is 6.35. The lowest BCUT2D eigenvalue weighted by molar-refractivity contribution is -0.130. The van der Waals surface area contributed by atoms with Gasteiger partial charge in [-0.05, 0) is 56.3 Å². The van der Waals surface area contributed by atoms with Crippen LogP contribution in [0.25, 0.3) is 11.3 Å². The highest BCUT2D eigenvalue weighted by Crippen LogP contribution is 2.28. The number of furan rings is 1. The number of hydrogen-bond donors (Lipinski definition) is 2. The van der Waals surface area contributed by atoms with Gasteiger partial charge in [0.1, 0.15) is 17.3 Å². The van der Waals surface area contributed by atoms with E-state index in [9.17, 15) is 14.4 Å². The minimum atomic E-state index is -0.899. The van der Waals surface area contributed by atoms with Gasteiger partial charge >= 0.3 is 5.97 Å². The van der Waals surface area contributed by atoms with Gasteiger partial charge in [0.05, 0.1) is 30.0 Å². The van der Waals surface area contributed by atoms with E-state index in [1.807, 2.05) is 0 Å². The summed E-state index contributed by atoms with van der Waals surface area (Å²) in [5.74, 6) is -0.305. The second-order valence-electron chi connectivity index (χ2n) is 7.35. The van der Waals surface area contributed by atoms with E-state index in [1.165, 1.54) is 19.2 Å².